The quantitative estimate of drug-likeness (QED) is 0.336. The summed E-state index contributed by atoms with van der Waals surface area (Å²) in [6.45, 7) is 3.50. The Bertz CT molecular complexity index is 917. The Hall–Kier alpha value is -2.38. The number of likely N-dealkylation sites (tertiary alicyclic amines) is 1. The van der Waals surface area contributed by atoms with E-state index in [-0.39, 0.29) is 11.5 Å². The minimum Gasteiger partial charge on any atom is -0.356 e. The van der Waals surface area contributed by atoms with Crippen LogP contribution in [-0.4, -0.2) is 57.8 Å². The van der Waals surface area contributed by atoms with Gasteiger partial charge in [0, 0.05) is 32.7 Å². The van der Waals surface area contributed by atoms with Gasteiger partial charge in [-0.3, -0.25) is 9.89 Å². The molecule has 1 atom stereocenters. The molecule has 2 aromatic carbocycles. The summed E-state index contributed by atoms with van der Waals surface area (Å²) in [6.07, 6.45) is 2.94. The highest BCUT2D eigenvalue weighted by molar-refractivity contribution is 7.90. The summed E-state index contributed by atoms with van der Waals surface area (Å²) in [5.41, 5.74) is 2.18. The van der Waals surface area contributed by atoms with Crippen LogP contribution in [0, 0.1) is 0 Å². The number of aliphatic imine (C=N–C) groups is 1. The van der Waals surface area contributed by atoms with Crippen molar-refractivity contribution < 1.29 is 8.42 Å². The van der Waals surface area contributed by atoms with E-state index in [0.717, 1.165) is 31.2 Å². The first-order chi connectivity index (χ1) is 15.1. The van der Waals surface area contributed by atoms with Crippen molar-refractivity contribution in [2.75, 3.05) is 32.4 Å². The molecule has 0 radical (unpaired) electrons. The second-order valence-electron chi connectivity index (χ2n) is 8.06. The molecular formula is C24H34N4O2S. The van der Waals surface area contributed by atoms with Gasteiger partial charge < -0.3 is 10.6 Å². The predicted molar refractivity (Wildman–Crippen MR) is 128 cm³/mol. The fraction of sp³-hybridized carbons (Fsp3) is 0.458. The summed E-state index contributed by atoms with van der Waals surface area (Å²) >= 11 is 0. The van der Waals surface area contributed by atoms with Gasteiger partial charge in [-0.05, 0) is 36.9 Å². The lowest BCUT2D eigenvalue weighted by atomic mass is 10.2. The van der Waals surface area contributed by atoms with Crippen molar-refractivity contribution in [3.63, 3.8) is 0 Å². The molecule has 1 aliphatic rings. The first-order valence-electron chi connectivity index (χ1n) is 11.0. The number of guanidine groups is 1. The maximum Gasteiger partial charge on any atom is 0.191 e. The van der Waals surface area contributed by atoms with E-state index >= 15 is 0 Å². The monoisotopic (exact) mass is 442 g/mol. The van der Waals surface area contributed by atoms with Gasteiger partial charge in [0.05, 0.1) is 11.5 Å². The predicted octanol–water partition coefficient (Wildman–Crippen LogP) is 2.82. The average molecular weight is 443 g/mol. The molecule has 0 amide bonds. The summed E-state index contributed by atoms with van der Waals surface area (Å²) in [5, 5.41) is 6.66. The largest absolute Gasteiger partial charge is 0.356 e. The highest BCUT2D eigenvalue weighted by atomic mass is 32.2. The van der Waals surface area contributed by atoms with Gasteiger partial charge in [-0.2, -0.15) is 0 Å². The number of rotatable bonds is 10. The third-order valence-corrected chi connectivity index (χ3v) is 7.29. The molecule has 1 heterocycles. The molecule has 0 aromatic heterocycles. The fourth-order valence-electron chi connectivity index (χ4n) is 3.99. The number of nitrogens with one attached hydrogen (secondary N) is 2. The van der Waals surface area contributed by atoms with E-state index in [0.29, 0.717) is 19.0 Å². The van der Waals surface area contributed by atoms with Crippen molar-refractivity contribution in [2.45, 2.75) is 37.6 Å². The van der Waals surface area contributed by atoms with E-state index in [1.165, 1.54) is 18.4 Å². The van der Waals surface area contributed by atoms with E-state index in [1.807, 2.05) is 30.3 Å². The molecule has 0 bridgehead atoms. The van der Waals surface area contributed by atoms with Crippen LogP contribution >= 0.6 is 0 Å². The lowest BCUT2D eigenvalue weighted by molar-refractivity contribution is 0.245. The molecule has 0 aliphatic carbocycles. The standard InChI is InChI=1S/C24H34N4O2S/c1-25-24(26-15-9-17-31(29,30)20-22-12-6-3-7-13-22)27-18-23-14-8-16-28(23)19-21-10-4-2-5-11-21/h2-7,10-13,23H,8-9,14-20H2,1H3,(H2,25,26,27). The van der Waals surface area contributed by atoms with Gasteiger partial charge in [-0.15, -0.1) is 0 Å². The SMILES string of the molecule is CN=C(NCCCS(=O)(=O)Cc1ccccc1)NCC1CCCN1Cc1ccccc1. The van der Waals surface area contributed by atoms with E-state index in [2.05, 4.69) is 50.9 Å². The molecule has 6 nitrogen and oxygen atoms in total. The van der Waals surface area contributed by atoms with Gasteiger partial charge in [0.15, 0.2) is 15.8 Å². The summed E-state index contributed by atoms with van der Waals surface area (Å²) in [7, 11) is -1.36. The number of hydrogen-bond donors (Lipinski definition) is 2. The third-order valence-electron chi connectivity index (χ3n) is 5.61. The van der Waals surface area contributed by atoms with E-state index in [1.54, 1.807) is 7.05 Å². The Morgan fingerprint density at radius 1 is 1.03 bits per heavy atom. The zero-order chi connectivity index (χ0) is 21.9. The minimum absolute atomic E-state index is 0.0970. The summed E-state index contributed by atoms with van der Waals surface area (Å²) in [5.74, 6) is 0.992. The van der Waals surface area contributed by atoms with Crippen LogP contribution in [0.2, 0.25) is 0 Å². The molecule has 0 saturated carbocycles. The van der Waals surface area contributed by atoms with Gasteiger partial charge in [0.25, 0.3) is 0 Å². The highest BCUT2D eigenvalue weighted by Gasteiger charge is 2.24. The zero-order valence-electron chi connectivity index (χ0n) is 18.3. The molecular weight excluding hydrogens is 408 g/mol. The van der Waals surface area contributed by atoms with Crippen LogP contribution < -0.4 is 10.6 Å². The maximum absolute atomic E-state index is 12.3. The molecule has 1 saturated heterocycles. The fourth-order valence-corrected chi connectivity index (χ4v) is 5.42. The van der Waals surface area contributed by atoms with Crippen LogP contribution in [-0.2, 0) is 22.1 Å². The Morgan fingerprint density at radius 2 is 1.71 bits per heavy atom. The van der Waals surface area contributed by atoms with Gasteiger partial charge in [0.1, 0.15) is 0 Å². The Labute approximate surface area is 186 Å². The topological polar surface area (TPSA) is 73.8 Å². The van der Waals surface area contributed by atoms with Crippen molar-refractivity contribution in [3.8, 4) is 0 Å². The first-order valence-corrected chi connectivity index (χ1v) is 12.8. The van der Waals surface area contributed by atoms with Crippen molar-refractivity contribution >= 4 is 15.8 Å². The zero-order valence-corrected chi connectivity index (χ0v) is 19.2. The van der Waals surface area contributed by atoms with E-state index in [9.17, 15) is 8.42 Å². The van der Waals surface area contributed by atoms with Crippen molar-refractivity contribution in [1.29, 1.82) is 0 Å². The first kappa shape index (κ1) is 23.3. The van der Waals surface area contributed by atoms with Crippen LogP contribution in [0.25, 0.3) is 0 Å². The second kappa shape index (κ2) is 11.9. The normalized spacial score (nSPS) is 17.6. The van der Waals surface area contributed by atoms with Crippen molar-refractivity contribution in [1.82, 2.24) is 15.5 Å². The number of sulfone groups is 1. The van der Waals surface area contributed by atoms with Gasteiger partial charge in [-0.1, -0.05) is 60.7 Å². The molecule has 2 N–H and O–H groups in total. The molecule has 7 heteroatoms. The molecule has 168 valence electrons. The minimum atomic E-state index is -3.11. The van der Waals surface area contributed by atoms with Crippen LogP contribution in [0.1, 0.15) is 30.4 Å². The maximum atomic E-state index is 12.3. The molecule has 1 fully saturated rings. The smallest absolute Gasteiger partial charge is 0.191 e. The average Bonchev–Trinajstić information content (AvgIpc) is 3.21. The van der Waals surface area contributed by atoms with Gasteiger partial charge in [-0.25, -0.2) is 8.42 Å². The summed E-state index contributed by atoms with van der Waals surface area (Å²) in [4.78, 5) is 6.81. The highest BCUT2D eigenvalue weighted by Crippen LogP contribution is 2.19. The van der Waals surface area contributed by atoms with Crippen LogP contribution in [0.3, 0.4) is 0 Å². The Kier molecular flexibility index (Phi) is 8.91. The molecule has 31 heavy (non-hydrogen) atoms. The van der Waals surface area contributed by atoms with E-state index < -0.39 is 9.84 Å². The van der Waals surface area contributed by atoms with Crippen LogP contribution in [0.15, 0.2) is 65.7 Å². The second-order valence-corrected chi connectivity index (χ2v) is 10.2. The molecule has 1 unspecified atom stereocenters. The molecule has 1 aliphatic heterocycles. The lowest BCUT2D eigenvalue weighted by Gasteiger charge is -2.25. The molecule has 0 spiro atoms. The number of hydrogen-bond acceptors (Lipinski definition) is 4. The Balaban J connectivity index is 1.37. The summed E-state index contributed by atoms with van der Waals surface area (Å²) in [6, 6.07) is 20.4. The van der Waals surface area contributed by atoms with Crippen LogP contribution in [0.4, 0.5) is 0 Å². The van der Waals surface area contributed by atoms with Crippen LogP contribution in [0.5, 0.6) is 0 Å². The summed E-state index contributed by atoms with van der Waals surface area (Å²) < 4.78 is 24.6. The number of benzene rings is 2. The molecule has 2 aromatic rings. The van der Waals surface area contributed by atoms with Gasteiger partial charge >= 0.3 is 0 Å². The lowest BCUT2D eigenvalue weighted by Crippen LogP contribution is -2.45. The van der Waals surface area contributed by atoms with Gasteiger partial charge in [0.2, 0.25) is 0 Å². The van der Waals surface area contributed by atoms with Crippen molar-refractivity contribution in [3.05, 3.63) is 71.8 Å². The van der Waals surface area contributed by atoms with E-state index in [4.69, 9.17) is 0 Å². The Morgan fingerprint density at radius 3 is 2.39 bits per heavy atom. The molecule has 3 rings (SSSR count). The van der Waals surface area contributed by atoms with Crippen molar-refractivity contribution in [2.24, 2.45) is 4.99 Å². The number of nitrogens with zero attached hydrogens (tertiary/aromatic N) is 2. The third kappa shape index (κ3) is 7.99.